The van der Waals surface area contributed by atoms with Gasteiger partial charge < -0.3 is 10.3 Å². The molecule has 0 aliphatic rings. The van der Waals surface area contributed by atoms with Gasteiger partial charge in [0, 0.05) is 12.7 Å². The molecule has 0 aliphatic heterocycles. The first-order chi connectivity index (χ1) is 11.1. The molecule has 3 aromatic rings. The van der Waals surface area contributed by atoms with Gasteiger partial charge in [-0.05, 0) is 5.56 Å². The number of rotatable bonds is 3. The SMILES string of the molecule is C#C.FC(F)(F)c1c[nH]c2ncnc(NCc3ccccc3)c12. The highest BCUT2D eigenvalue weighted by molar-refractivity contribution is 5.90. The van der Waals surface area contributed by atoms with E-state index in [9.17, 15) is 13.2 Å². The van der Waals surface area contributed by atoms with E-state index in [4.69, 9.17) is 0 Å². The molecule has 4 nitrogen and oxygen atoms in total. The lowest BCUT2D eigenvalue weighted by Gasteiger charge is -2.09. The van der Waals surface area contributed by atoms with Crippen molar-refractivity contribution in [2.45, 2.75) is 12.7 Å². The fourth-order valence-corrected chi connectivity index (χ4v) is 2.10. The Kier molecular flexibility index (Phi) is 4.86. The Labute approximate surface area is 130 Å². The monoisotopic (exact) mass is 318 g/mol. The lowest BCUT2D eigenvalue weighted by Crippen LogP contribution is -2.07. The Hall–Kier alpha value is -3.01. The molecular weight excluding hydrogens is 305 g/mol. The summed E-state index contributed by atoms with van der Waals surface area (Å²) in [5.74, 6) is 0.164. The van der Waals surface area contributed by atoms with E-state index in [0.29, 0.717) is 6.54 Å². The molecule has 2 heterocycles. The quantitative estimate of drug-likeness (QED) is 0.722. The highest BCUT2D eigenvalue weighted by atomic mass is 19.4. The number of aromatic amines is 1. The number of H-pyrrole nitrogens is 1. The number of hydrogen-bond acceptors (Lipinski definition) is 3. The van der Waals surface area contributed by atoms with Gasteiger partial charge in [0.25, 0.3) is 0 Å². The predicted octanol–water partition coefficient (Wildman–Crippen LogP) is 3.84. The fourth-order valence-electron chi connectivity index (χ4n) is 2.10. The average molecular weight is 318 g/mol. The minimum Gasteiger partial charge on any atom is -0.365 e. The Bertz CT molecular complexity index is 791. The Morgan fingerprint density at radius 3 is 2.43 bits per heavy atom. The Morgan fingerprint density at radius 1 is 1.09 bits per heavy atom. The van der Waals surface area contributed by atoms with Crippen LogP contribution >= 0.6 is 0 Å². The minimum atomic E-state index is -4.45. The van der Waals surface area contributed by atoms with Gasteiger partial charge in [-0.15, -0.1) is 12.8 Å². The Morgan fingerprint density at radius 2 is 1.78 bits per heavy atom. The largest absolute Gasteiger partial charge is 0.418 e. The maximum Gasteiger partial charge on any atom is 0.418 e. The molecule has 0 aliphatic carbocycles. The summed E-state index contributed by atoms with van der Waals surface area (Å²) in [5.41, 5.74) is 0.343. The number of hydrogen-bond donors (Lipinski definition) is 2. The molecule has 0 fully saturated rings. The summed E-state index contributed by atoms with van der Waals surface area (Å²) in [4.78, 5) is 10.3. The van der Waals surface area contributed by atoms with Crippen molar-refractivity contribution < 1.29 is 13.2 Å². The van der Waals surface area contributed by atoms with E-state index in [1.165, 1.54) is 6.33 Å². The van der Waals surface area contributed by atoms with E-state index in [-0.39, 0.29) is 16.9 Å². The second-order valence-corrected chi connectivity index (χ2v) is 4.49. The predicted molar refractivity (Wildman–Crippen MR) is 82.5 cm³/mol. The molecule has 2 N–H and O–H groups in total. The summed E-state index contributed by atoms with van der Waals surface area (Å²) in [6.45, 7) is 0.384. The van der Waals surface area contributed by atoms with Crippen molar-refractivity contribution in [1.29, 1.82) is 0 Å². The number of benzene rings is 1. The van der Waals surface area contributed by atoms with Gasteiger partial charge in [0.2, 0.25) is 0 Å². The van der Waals surface area contributed by atoms with Gasteiger partial charge in [0.15, 0.2) is 0 Å². The first kappa shape index (κ1) is 16.4. The van der Waals surface area contributed by atoms with Gasteiger partial charge in [0.05, 0.1) is 10.9 Å². The van der Waals surface area contributed by atoms with Gasteiger partial charge in [-0.2, -0.15) is 13.2 Å². The summed E-state index contributed by atoms with van der Waals surface area (Å²) in [6, 6.07) is 9.37. The molecule has 3 rings (SSSR count). The molecular formula is C16H13F3N4. The van der Waals surface area contributed by atoms with Crippen LogP contribution in [0.1, 0.15) is 11.1 Å². The van der Waals surface area contributed by atoms with Crippen LogP contribution in [0.5, 0.6) is 0 Å². The van der Waals surface area contributed by atoms with Gasteiger partial charge >= 0.3 is 6.18 Å². The topological polar surface area (TPSA) is 53.6 Å². The van der Waals surface area contributed by atoms with E-state index in [0.717, 1.165) is 11.8 Å². The van der Waals surface area contributed by atoms with Crippen molar-refractivity contribution in [2.75, 3.05) is 5.32 Å². The molecule has 0 unspecified atom stereocenters. The normalized spacial score (nSPS) is 10.8. The standard InChI is InChI=1S/C14H11F3N4.C2H2/c15-14(16,17)10-7-19-13-11(10)12(20-8-21-13)18-6-9-4-2-1-3-5-9;1-2/h1-5,7-8H,6H2,(H2,18,19,20,21);1-2H. The maximum absolute atomic E-state index is 13.0. The van der Waals surface area contributed by atoms with Crippen molar-refractivity contribution in [2.24, 2.45) is 0 Å². The summed E-state index contributed by atoms with van der Waals surface area (Å²) in [7, 11) is 0. The number of alkyl halides is 3. The Balaban J connectivity index is 0.000000924. The van der Waals surface area contributed by atoms with Crippen LogP contribution < -0.4 is 5.32 Å². The molecule has 0 atom stereocenters. The van der Waals surface area contributed by atoms with Crippen LogP contribution in [0, 0.1) is 12.8 Å². The van der Waals surface area contributed by atoms with Crippen molar-refractivity contribution in [3.05, 3.63) is 54.0 Å². The van der Waals surface area contributed by atoms with Gasteiger partial charge in [-0.3, -0.25) is 0 Å². The molecule has 0 saturated heterocycles. The molecule has 0 radical (unpaired) electrons. The summed E-state index contributed by atoms with van der Waals surface area (Å²) in [6.07, 6.45) is 5.69. The zero-order valence-electron chi connectivity index (χ0n) is 11.9. The van der Waals surface area contributed by atoms with E-state index in [2.05, 4.69) is 33.1 Å². The summed E-state index contributed by atoms with van der Waals surface area (Å²) < 4.78 is 39.0. The van der Waals surface area contributed by atoms with Crippen LogP contribution in [0.4, 0.5) is 19.0 Å². The van der Waals surface area contributed by atoms with Crippen molar-refractivity contribution >= 4 is 16.9 Å². The molecule has 7 heteroatoms. The highest BCUT2D eigenvalue weighted by Crippen LogP contribution is 2.36. The summed E-state index contributed by atoms with van der Waals surface area (Å²) in [5, 5.41) is 2.89. The number of nitrogens with zero attached hydrogens (tertiary/aromatic N) is 2. The first-order valence-electron chi connectivity index (χ1n) is 6.56. The third-order valence-corrected chi connectivity index (χ3v) is 3.08. The maximum atomic E-state index is 13.0. The third-order valence-electron chi connectivity index (χ3n) is 3.08. The van der Waals surface area contributed by atoms with Crippen molar-refractivity contribution in [1.82, 2.24) is 15.0 Å². The van der Waals surface area contributed by atoms with Gasteiger partial charge in [0.1, 0.15) is 17.8 Å². The molecule has 0 spiro atoms. The number of halogens is 3. The fraction of sp³-hybridized carbons (Fsp3) is 0.125. The van der Waals surface area contributed by atoms with Crippen LogP contribution in [0.2, 0.25) is 0 Å². The van der Waals surface area contributed by atoms with Crippen LogP contribution in [0.25, 0.3) is 11.0 Å². The van der Waals surface area contributed by atoms with Crippen LogP contribution in [0.15, 0.2) is 42.9 Å². The lowest BCUT2D eigenvalue weighted by molar-refractivity contribution is -0.136. The van der Waals surface area contributed by atoms with Crippen molar-refractivity contribution in [3.63, 3.8) is 0 Å². The second kappa shape index (κ2) is 6.83. The van der Waals surface area contributed by atoms with Crippen LogP contribution in [-0.4, -0.2) is 15.0 Å². The van der Waals surface area contributed by atoms with Crippen LogP contribution in [-0.2, 0) is 12.7 Å². The first-order valence-corrected chi connectivity index (χ1v) is 6.56. The molecule has 2 aromatic heterocycles. The average Bonchev–Trinajstić information content (AvgIpc) is 3.01. The van der Waals surface area contributed by atoms with Gasteiger partial charge in [-0.25, -0.2) is 9.97 Å². The van der Waals surface area contributed by atoms with Gasteiger partial charge in [-0.1, -0.05) is 30.3 Å². The van der Waals surface area contributed by atoms with Crippen LogP contribution in [0.3, 0.4) is 0 Å². The number of terminal acetylenes is 1. The zero-order valence-corrected chi connectivity index (χ0v) is 11.9. The number of nitrogens with one attached hydrogen (secondary N) is 2. The molecule has 23 heavy (non-hydrogen) atoms. The van der Waals surface area contributed by atoms with E-state index >= 15 is 0 Å². The number of aromatic nitrogens is 3. The molecule has 118 valence electrons. The van der Waals surface area contributed by atoms with Crippen molar-refractivity contribution in [3.8, 4) is 12.8 Å². The van der Waals surface area contributed by atoms with E-state index in [1.54, 1.807) is 0 Å². The molecule has 0 bridgehead atoms. The second-order valence-electron chi connectivity index (χ2n) is 4.49. The number of anilines is 1. The third kappa shape index (κ3) is 3.61. The van der Waals surface area contributed by atoms with E-state index < -0.39 is 11.7 Å². The zero-order chi connectivity index (χ0) is 16.9. The number of fused-ring (bicyclic) bond motifs is 1. The minimum absolute atomic E-state index is 0.0408. The summed E-state index contributed by atoms with van der Waals surface area (Å²) >= 11 is 0. The molecule has 0 amide bonds. The molecule has 0 saturated carbocycles. The lowest BCUT2D eigenvalue weighted by atomic mass is 10.2. The smallest absolute Gasteiger partial charge is 0.365 e. The highest BCUT2D eigenvalue weighted by Gasteiger charge is 2.35. The van der Waals surface area contributed by atoms with E-state index in [1.807, 2.05) is 30.3 Å². The molecule has 1 aromatic carbocycles.